The van der Waals surface area contributed by atoms with Crippen LogP contribution in [-0.2, 0) is 0 Å². The molecule has 0 saturated heterocycles. The normalized spacial score (nSPS) is 10.5. The zero-order valence-corrected chi connectivity index (χ0v) is 11.0. The predicted octanol–water partition coefficient (Wildman–Crippen LogP) is 3.83. The lowest BCUT2D eigenvalue weighted by Gasteiger charge is -2.07. The van der Waals surface area contributed by atoms with E-state index in [4.69, 9.17) is 22.1 Å². The van der Waals surface area contributed by atoms with Gasteiger partial charge in [0.2, 0.25) is 0 Å². The van der Waals surface area contributed by atoms with Crippen LogP contribution in [0.15, 0.2) is 24.4 Å². The predicted molar refractivity (Wildman–Crippen MR) is 72.8 cm³/mol. The summed E-state index contributed by atoms with van der Waals surface area (Å²) >= 11 is 7.59. The Morgan fingerprint density at radius 1 is 1.47 bits per heavy atom. The number of nitrogen functional groups attached to an aromatic ring is 1. The smallest absolute Gasteiger partial charge is 0.180 e. The maximum atomic E-state index is 6.15. The summed E-state index contributed by atoms with van der Waals surface area (Å²) < 4.78 is 5.51. The van der Waals surface area contributed by atoms with E-state index in [1.54, 1.807) is 6.20 Å². The summed E-state index contributed by atoms with van der Waals surface area (Å²) in [6, 6.07) is 5.71. The van der Waals surface area contributed by atoms with Gasteiger partial charge in [0.05, 0.1) is 16.5 Å². The fourth-order valence-electron chi connectivity index (χ4n) is 1.40. The first kappa shape index (κ1) is 12.2. The second kappa shape index (κ2) is 5.38. The molecule has 0 fully saturated rings. The fourth-order valence-corrected chi connectivity index (χ4v) is 2.32. The van der Waals surface area contributed by atoms with Crippen molar-refractivity contribution >= 4 is 28.1 Å². The molecule has 0 aliphatic rings. The minimum Gasteiger partial charge on any atom is -0.492 e. The molecule has 0 saturated carbocycles. The van der Waals surface area contributed by atoms with Crippen molar-refractivity contribution in [3.8, 4) is 16.2 Å². The van der Waals surface area contributed by atoms with Gasteiger partial charge in [-0.05, 0) is 30.2 Å². The van der Waals surface area contributed by atoms with Crippen LogP contribution in [0, 0.1) is 0 Å². The van der Waals surface area contributed by atoms with Crippen molar-refractivity contribution in [3.63, 3.8) is 0 Å². The summed E-state index contributed by atoms with van der Waals surface area (Å²) in [6.45, 7) is 2.73. The molecule has 2 aromatic rings. The van der Waals surface area contributed by atoms with Crippen LogP contribution in [-0.4, -0.2) is 11.6 Å². The summed E-state index contributed by atoms with van der Waals surface area (Å²) in [5.41, 5.74) is 6.61. The maximum Gasteiger partial charge on any atom is 0.180 e. The van der Waals surface area contributed by atoms with Crippen LogP contribution in [0.2, 0.25) is 5.02 Å². The molecule has 0 amide bonds. The van der Waals surface area contributed by atoms with Gasteiger partial charge in [-0.3, -0.25) is 0 Å². The van der Waals surface area contributed by atoms with Gasteiger partial charge in [0, 0.05) is 6.20 Å². The molecule has 0 atom stereocenters. The monoisotopic (exact) mass is 268 g/mol. The van der Waals surface area contributed by atoms with E-state index in [1.165, 1.54) is 11.3 Å². The molecular weight excluding hydrogens is 256 g/mol. The lowest BCUT2D eigenvalue weighted by molar-refractivity contribution is 0.317. The standard InChI is InChI=1S/C12H13ClN2OS/c1-2-5-16-10-4-3-8(6-9(10)13)11-7-15-12(14)17-11/h3-4,6-7H,2,5H2,1H3,(H2,14,15). The van der Waals surface area contributed by atoms with Crippen LogP contribution in [0.5, 0.6) is 5.75 Å². The second-order valence-electron chi connectivity index (χ2n) is 3.56. The molecule has 2 N–H and O–H groups in total. The number of nitrogens with zero attached hydrogens (tertiary/aromatic N) is 1. The lowest BCUT2D eigenvalue weighted by Crippen LogP contribution is -1.95. The molecule has 1 aromatic carbocycles. The summed E-state index contributed by atoms with van der Waals surface area (Å²) in [5.74, 6) is 0.717. The van der Waals surface area contributed by atoms with Gasteiger partial charge < -0.3 is 10.5 Å². The molecule has 0 unspecified atom stereocenters. The first-order chi connectivity index (χ1) is 8.20. The number of anilines is 1. The Morgan fingerprint density at radius 3 is 2.88 bits per heavy atom. The third-order valence-corrected chi connectivity index (χ3v) is 3.37. The Kier molecular flexibility index (Phi) is 3.86. The molecule has 2 rings (SSSR count). The van der Waals surface area contributed by atoms with Crippen molar-refractivity contribution in [2.75, 3.05) is 12.3 Å². The number of thiazole rings is 1. The van der Waals surface area contributed by atoms with Crippen molar-refractivity contribution < 1.29 is 4.74 Å². The van der Waals surface area contributed by atoms with E-state index in [0.29, 0.717) is 16.8 Å². The van der Waals surface area contributed by atoms with Gasteiger partial charge in [0.15, 0.2) is 5.13 Å². The first-order valence-electron chi connectivity index (χ1n) is 5.34. The molecule has 0 radical (unpaired) electrons. The highest BCUT2D eigenvalue weighted by Crippen LogP contribution is 2.33. The zero-order chi connectivity index (χ0) is 12.3. The maximum absolute atomic E-state index is 6.15. The highest BCUT2D eigenvalue weighted by Gasteiger charge is 2.06. The summed E-state index contributed by atoms with van der Waals surface area (Å²) in [4.78, 5) is 5.02. The minimum atomic E-state index is 0.558. The molecule has 3 nitrogen and oxygen atoms in total. The summed E-state index contributed by atoms with van der Waals surface area (Å²) in [7, 11) is 0. The van der Waals surface area contributed by atoms with E-state index >= 15 is 0 Å². The van der Waals surface area contributed by atoms with Crippen molar-refractivity contribution in [1.29, 1.82) is 0 Å². The lowest BCUT2D eigenvalue weighted by atomic mass is 10.2. The third kappa shape index (κ3) is 2.90. The van der Waals surface area contributed by atoms with Gasteiger partial charge >= 0.3 is 0 Å². The molecule has 17 heavy (non-hydrogen) atoms. The van der Waals surface area contributed by atoms with Crippen LogP contribution >= 0.6 is 22.9 Å². The Morgan fingerprint density at radius 2 is 2.29 bits per heavy atom. The fraction of sp³-hybridized carbons (Fsp3) is 0.250. The second-order valence-corrected chi connectivity index (χ2v) is 5.03. The van der Waals surface area contributed by atoms with E-state index in [0.717, 1.165) is 22.6 Å². The number of nitrogens with two attached hydrogens (primary N) is 1. The van der Waals surface area contributed by atoms with Crippen molar-refractivity contribution in [2.24, 2.45) is 0 Å². The zero-order valence-electron chi connectivity index (χ0n) is 9.44. The number of benzene rings is 1. The van der Waals surface area contributed by atoms with Crippen LogP contribution in [0.25, 0.3) is 10.4 Å². The minimum absolute atomic E-state index is 0.558. The Labute approximate surface area is 109 Å². The molecule has 5 heteroatoms. The van der Waals surface area contributed by atoms with E-state index in [9.17, 15) is 0 Å². The molecular formula is C12H13ClN2OS. The molecule has 0 aliphatic heterocycles. The van der Waals surface area contributed by atoms with Gasteiger partial charge in [-0.1, -0.05) is 29.9 Å². The molecule has 0 bridgehead atoms. The average molecular weight is 269 g/mol. The molecule has 0 aliphatic carbocycles. The van der Waals surface area contributed by atoms with Crippen LogP contribution in [0.4, 0.5) is 5.13 Å². The molecule has 1 aromatic heterocycles. The van der Waals surface area contributed by atoms with Crippen molar-refractivity contribution in [1.82, 2.24) is 4.98 Å². The number of rotatable bonds is 4. The van der Waals surface area contributed by atoms with Crippen LogP contribution < -0.4 is 10.5 Å². The number of ether oxygens (including phenoxy) is 1. The van der Waals surface area contributed by atoms with Crippen LogP contribution in [0.3, 0.4) is 0 Å². The third-order valence-electron chi connectivity index (χ3n) is 2.20. The van der Waals surface area contributed by atoms with Gasteiger partial charge in [-0.25, -0.2) is 4.98 Å². The number of hydrogen-bond donors (Lipinski definition) is 1. The van der Waals surface area contributed by atoms with E-state index < -0.39 is 0 Å². The number of halogens is 1. The largest absolute Gasteiger partial charge is 0.492 e. The van der Waals surface area contributed by atoms with E-state index in [-0.39, 0.29) is 0 Å². The first-order valence-corrected chi connectivity index (χ1v) is 6.54. The summed E-state index contributed by atoms with van der Waals surface area (Å²) in [5, 5.41) is 1.17. The summed E-state index contributed by atoms with van der Waals surface area (Å²) in [6.07, 6.45) is 2.71. The molecule has 0 spiro atoms. The quantitative estimate of drug-likeness (QED) is 0.917. The Bertz CT molecular complexity index is 513. The Balaban J connectivity index is 2.24. The number of hydrogen-bond acceptors (Lipinski definition) is 4. The van der Waals surface area contributed by atoms with Crippen LogP contribution in [0.1, 0.15) is 13.3 Å². The average Bonchev–Trinajstić information content (AvgIpc) is 2.74. The van der Waals surface area contributed by atoms with E-state index in [2.05, 4.69) is 11.9 Å². The van der Waals surface area contributed by atoms with Gasteiger partial charge in [-0.15, -0.1) is 0 Å². The SMILES string of the molecule is CCCOc1ccc(-c2cnc(N)s2)cc1Cl. The molecule has 90 valence electrons. The number of aromatic nitrogens is 1. The van der Waals surface area contributed by atoms with Gasteiger partial charge in [0.1, 0.15) is 5.75 Å². The van der Waals surface area contributed by atoms with E-state index in [1.807, 2.05) is 18.2 Å². The Hall–Kier alpha value is -1.26. The van der Waals surface area contributed by atoms with Crippen molar-refractivity contribution in [2.45, 2.75) is 13.3 Å². The topological polar surface area (TPSA) is 48.1 Å². The van der Waals surface area contributed by atoms with Gasteiger partial charge in [-0.2, -0.15) is 0 Å². The van der Waals surface area contributed by atoms with Crippen molar-refractivity contribution in [3.05, 3.63) is 29.4 Å². The molecule has 1 heterocycles. The highest BCUT2D eigenvalue weighted by atomic mass is 35.5. The van der Waals surface area contributed by atoms with Gasteiger partial charge in [0.25, 0.3) is 0 Å². The highest BCUT2D eigenvalue weighted by molar-refractivity contribution is 7.18.